The van der Waals surface area contributed by atoms with E-state index >= 15 is 0 Å². The lowest BCUT2D eigenvalue weighted by molar-refractivity contribution is -0.131. The molecule has 3 aliphatic rings. The van der Waals surface area contributed by atoms with Gasteiger partial charge in [0.25, 0.3) is 0 Å². The second-order valence-corrected chi connectivity index (χ2v) is 10.2. The highest BCUT2D eigenvalue weighted by Gasteiger charge is 2.43. The van der Waals surface area contributed by atoms with Gasteiger partial charge in [0, 0.05) is 51.0 Å². The summed E-state index contributed by atoms with van der Waals surface area (Å²) in [6.45, 7) is 2.54. The van der Waals surface area contributed by atoms with Crippen LogP contribution in [-0.2, 0) is 21.2 Å². The molecule has 0 spiro atoms. The van der Waals surface area contributed by atoms with Crippen molar-refractivity contribution in [2.24, 2.45) is 5.92 Å². The fraction of sp³-hybridized carbons (Fsp3) is 0.684. The number of carbonyl (C=O) groups excluding carboxylic acids is 1. The number of sulfone groups is 1. The van der Waals surface area contributed by atoms with Gasteiger partial charge in [0.15, 0.2) is 9.84 Å². The molecule has 1 amide bonds. The van der Waals surface area contributed by atoms with Crippen molar-refractivity contribution in [3.8, 4) is 0 Å². The van der Waals surface area contributed by atoms with E-state index in [-0.39, 0.29) is 23.0 Å². The largest absolute Gasteiger partial charge is 0.343 e. The SMILES string of the molecule is O=C(CC1CC1)N1CC[C@@H]2[C@H](CC1)N(Cc1cccnc1)CCS2(=O)=O. The van der Waals surface area contributed by atoms with E-state index in [0.29, 0.717) is 38.4 Å². The van der Waals surface area contributed by atoms with Crippen LogP contribution in [0.4, 0.5) is 0 Å². The summed E-state index contributed by atoms with van der Waals surface area (Å²) in [5, 5.41) is -0.355. The number of pyridine rings is 1. The minimum absolute atomic E-state index is 0.00678. The summed E-state index contributed by atoms with van der Waals surface area (Å²) in [4.78, 5) is 20.9. The van der Waals surface area contributed by atoms with Crippen LogP contribution < -0.4 is 0 Å². The molecule has 0 aromatic carbocycles. The molecule has 7 heteroatoms. The second kappa shape index (κ2) is 7.27. The molecule has 26 heavy (non-hydrogen) atoms. The summed E-state index contributed by atoms with van der Waals surface area (Å²) >= 11 is 0. The van der Waals surface area contributed by atoms with Crippen molar-refractivity contribution in [3.05, 3.63) is 30.1 Å². The van der Waals surface area contributed by atoms with Gasteiger partial charge >= 0.3 is 0 Å². The molecule has 0 radical (unpaired) electrons. The number of nitrogens with zero attached hydrogens (tertiary/aromatic N) is 3. The van der Waals surface area contributed by atoms with Gasteiger partial charge in [-0.05, 0) is 43.2 Å². The van der Waals surface area contributed by atoms with Crippen molar-refractivity contribution in [2.45, 2.75) is 49.9 Å². The Balaban J connectivity index is 1.49. The lowest BCUT2D eigenvalue weighted by Crippen LogP contribution is -2.54. The van der Waals surface area contributed by atoms with E-state index in [1.54, 1.807) is 6.20 Å². The highest BCUT2D eigenvalue weighted by molar-refractivity contribution is 7.92. The molecule has 0 N–H and O–H groups in total. The normalized spacial score (nSPS) is 29.0. The quantitative estimate of drug-likeness (QED) is 0.795. The van der Waals surface area contributed by atoms with Crippen LogP contribution in [-0.4, -0.2) is 65.8 Å². The second-order valence-electron chi connectivity index (χ2n) is 7.91. The summed E-state index contributed by atoms with van der Waals surface area (Å²) in [6.07, 6.45) is 7.87. The van der Waals surface area contributed by atoms with E-state index in [9.17, 15) is 13.2 Å². The molecule has 0 unspecified atom stereocenters. The molecule has 1 aliphatic carbocycles. The molecular weight excluding hydrogens is 350 g/mol. The van der Waals surface area contributed by atoms with Gasteiger partial charge in [0.1, 0.15) is 0 Å². The summed E-state index contributed by atoms with van der Waals surface area (Å²) in [7, 11) is -3.09. The predicted molar refractivity (Wildman–Crippen MR) is 99.2 cm³/mol. The molecular formula is C19H27N3O3S. The molecule has 4 rings (SSSR count). The smallest absolute Gasteiger partial charge is 0.222 e. The van der Waals surface area contributed by atoms with Crippen molar-refractivity contribution in [1.82, 2.24) is 14.8 Å². The van der Waals surface area contributed by atoms with E-state index in [1.807, 2.05) is 23.2 Å². The molecule has 1 saturated carbocycles. The van der Waals surface area contributed by atoms with Crippen LogP contribution in [0.25, 0.3) is 0 Å². The summed E-state index contributed by atoms with van der Waals surface area (Å²) < 4.78 is 25.4. The van der Waals surface area contributed by atoms with Crippen LogP contribution in [0.1, 0.15) is 37.7 Å². The van der Waals surface area contributed by atoms with Gasteiger partial charge in [0.2, 0.25) is 5.91 Å². The maximum atomic E-state index is 12.7. The molecule has 2 aliphatic heterocycles. The van der Waals surface area contributed by atoms with E-state index in [1.165, 1.54) is 0 Å². The Kier molecular flexibility index (Phi) is 5.01. The van der Waals surface area contributed by atoms with Gasteiger partial charge in [-0.25, -0.2) is 8.42 Å². The van der Waals surface area contributed by atoms with Crippen molar-refractivity contribution >= 4 is 15.7 Å². The van der Waals surface area contributed by atoms with Gasteiger partial charge in [-0.2, -0.15) is 0 Å². The summed E-state index contributed by atoms with van der Waals surface area (Å²) in [5.41, 5.74) is 1.11. The third-order valence-electron chi connectivity index (χ3n) is 6.02. The lowest BCUT2D eigenvalue weighted by atomic mass is 10.1. The Morgan fingerprint density at radius 1 is 1.15 bits per heavy atom. The first-order chi connectivity index (χ1) is 12.5. The third kappa shape index (κ3) is 3.93. The van der Waals surface area contributed by atoms with Crippen LogP contribution in [0.15, 0.2) is 24.5 Å². The average Bonchev–Trinajstić information content (AvgIpc) is 3.44. The highest BCUT2D eigenvalue weighted by Crippen LogP contribution is 2.34. The molecule has 3 fully saturated rings. The molecule has 2 atom stereocenters. The third-order valence-corrected chi connectivity index (χ3v) is 8.25. The number of rotatable bonds is 4. The Bertz CT molecular complexity index is 749. The number of aromatic nitrogens is 1. The predicted octanol–water partition coefficient (Wildman–Crippen LogP) is 1.47. The van der Waals surface area contributed by atoms with Crippen LogP contribution in [0.3, 0.4) is 0 Å². The molecule has 142 valence electrons. The zero-order valence-electron chi connectivity index (χ0n) is 15.1. The minimum Gasteiger partial charge on any atom is -0.343 e. The Morgan fingerprint density at radius 2 is 1.96 bits per heavy atom. The number of likely N-dealkylation sites (tertiary alicyclic amines) is 1. The highest BCUT2D eigenvalue weighted by atomic mass is 32.2. The Morgan fingerprint density at radius 3 is 2.69 bits per heavy atom. The Labute approximate surface area is 155 Å². The summed E-state index contributed by atoms with van der Waals surface area (Å²) in [6, 6.07) is 3.94. The zero-order valence-corrected chi connectivity index (χ0v) is 15.9. The van der Waals surface area contributed by atoms with Gasteiger partial charge in [0.05, 0.1) is 11.0 Å². The first-order valence-electron chi connectivity index (χ1n) is 9.65. The molecule has 1 aromatic heterocycles. The summed E-state index contributed by atoms with van der Waals surface area (Å²) in [5.74, 6) is 0.992. The number of hydrogen-bond donors (Lipinski definition) is 0. The first-order valence-corrected chi connectivity index (χ1v) is 11.4. The monoisotopic (exact) mass is 377 g/mol. The van der Waals surface area contributed by atoms with Crippen LogP contribution in [0, 0.1) is 5.92 Å². The molecule has 6 nitrogen and oxygen atoms in total. The standard InChI is InChI=1S/C19H27N3O3S/c23-19(12-15-3-4-15)21-8-5-17-18(6-9-21)26(24,25)11-10-22(17)14-16-2-1-7-20-13-16/h1-2,7,13,15,17-18H,3-6,8-12,14H2/t17-,18+/m0/s1. The van der Waals surface area contributed by atoms with E-state index in [4.69, 9.17) is 0 Å². The van der Waals surface area contributed by atoms with Crippen molar-refractivity contribution in [1.29, 1.82) is 0 Å². The maximum absolute atomic E-state index is 12.7. The van der Waals surface area contributed by atoms with E-state index in [0.717, 1.165) is 31.4 Å². The van der Waals surface area contributed by atoms with E-state index in [2.05, 4.69) is 9.88 Å². The lowest BCUT2D eigenvalue weighted by Gasteiger charge is -2.40. The van der Waals surface area contributed by atoms with Gasteiger partial charge in [-0.3, -0.25) is 14.7 Å². The van der Waals surface area contributed by atoms with Gasteiger partial charge in [-0.1, -0.05) is 6.07 Å². The van der Waals surface area contributed by atoms with Gasteiger partial charge in [-0.15, -0.1) is 0 Å². The van der Waals surface area contributed by atoms with Crippen LogP contribution in [0.5, 0.6) is 0 Å². The number of hydrogen-bond acceptors (Lipinski definition) is 5. The molecule has 0 bridgehead atoms. The number of amides is 1. The number of carbonyl (C=O) groups is 1. The molecule has 3 heterocycles. The average molecular weight is 378 g/mol. The van der Waals surface area contributed by atoms with Crippen molar-refractivity contribution in [3.63, 3.8) is 0 Å². The van der Waals surface area contributed by atoms with E-state index < -0.39 is 9.84 Å². The maximum Gasteiger partial charge on any atom is 0.222 e. The van der Waals surface area contributed by atoms with Gasteiger partial charge < -0.3 is 4.90 Å². The molecule has 1 aromatic rings. The fourth-order valence-corrected chi connectivity index (χ4v) is 6.37. The number of fused-ring (bicyclic) bond motifs is 1. The van der Waals surface area contributed by atoms with Crippen LogP contribution >= 0.6 is 0 Å². The van der Waals surface area contributed by atoms with Crippen LogP contribution in [0.2, 0.25) is 0 Å². The minimum atomic E-state index is -3.09. The Hall–Kier alpha value is -1.47. The van der Waals surface area contributed by atoms with Crippen molar-refractivity contribution < 1.29 is 13.2 Å². The van der Waals surface area contributed by atoms with Crippen molar-refractivity contribution in [2.75, 3.05) is 25.4 Å². The zero-order chi connectivity index (χ0) is 18.1. The molecule has 2 saturated heterocycles. The fourth-order valence-electron chi connectivity index (χ4n) is 4.33. The first kappa shape index (κ1) is 17.9. The topological polar surface area (TPSA) is 70.6 Å².